The molecule has 0 saturated heterocycles. The first-order valence-corrected chi connectivity index (χ1v) is 9.57. The topological polar surface area (TPSA) is 83.9 Å². The van der Waals surface area contributed by atoms with Crippen molar-refractivity contribution in [3.63, 3.8) is 0 Å². The van der Waals surface area contributed by atoms with Crippen LogP contribution in [0.4, 0.5) is 4.39 Å². The van der Waals surface area contributed by atoms with Crippen LogP contribution in [0.15, 0.2) is 71.5 Å². The molecule has 0 aliphatic heterocycles. The first kappa shape index (κ1) is 17.6. The number of ketones is 2. The van der Waals surface area contributed by atoms with Crippen LogP contribution in [0, 0.1) is 28.5 Å². The SMILES string of the molecule is N#CC1=C(N)C2(C(=O)c3ccccc3C2=O)[C@@H](c2ccccc2F)[C@@H]2CCC=C12. The second-order valence-corrected chi connectivity index (χ2v) is 7.75. The van der Waals surface area contributed by atoms with Gasteiger partial charge < -0.3 is 5.73 Å². The lowest BCUT2D eigenvalue weighted by Gasteiger charge is -2.44. The molecule has 2 atom stereocenters. The molecule has 5 heteroatoms. The number of nitrogens with two attached hydrogens (primary N) is 1. The Morgan fingerprint density at radius 2 is 1.66 bits per heavy atom. The Bertz CT molecular complexity index is 1170. The van der Waals surface area contributed by atoms with Gasteiger partial charge in [0.1, 0.15) is 17.3 Å². The molecule has 0 saturated carbocycles. The van der Waals surface area contributed by atoms with E-state index in [1.807, 2.05) is 6.08 Å². The zero-order valence-electron chi connectivity index (χ0n) is 15.5. The molecule has 142 valence electrons. The standard InChI is InChI=1S/C24H17FN2O2/c25-19-11-4-3-8-17(19)20-14-10-5-9-13(14)18(12-26)21(27)24(20)22(28)15-6-1-2-7-16(15)23(24)29/h1-4,6-9,11,14,20H,5,10,27H2/t14-,20-/m1/s1. The third-order valence-electron chi connectivity index (χ3n) is 6.58. The number of fused-ring (bicyclic) bond motifs is 2. The minimum absolute atomic E-state index is 0.0520. The molecule has 2 aromatic rings. The minimum Gasteiger partial charge on any atom is -0.400 e. The lowest BCUT2D eigenvalue weighted by Crippen LogP contribution is -2.50. The number of allylic oxidation sites excluding steroid dienone is 4. The van der Waals surface area contributed by atoms with Gasteiger partial charge in [0.25, 0.3) is 0 Å². The molecular weight excluding hydrogens is 367 g/mol. The maximum atomic E-state index is 15.0. The van der Waals surface area contributed by atoms with Crippen LogP contribution in [-0.4, -0.2) is 11.6 Å². The van der Waals surface area contributed by atoms with Gasteiger partial charge in [-0.1, -0.05) is 48.5 Å². The number of rotatable bonds is 1. The lowest BCUT2D eigenvalue weighted by atomic mass is 9.56. The quantitative estimate of drug-likeness (QED) is 0.752. The smallest absolute Gasteiger partial charge is 0.184 e. The van der Waals surface area contributed by atoms with Gasteiger partial charge in [0.05, 0.1) is 5.57 Å². The Labute approximate surface area is 167 Å². The Hall–Kier alpha value is -3.52. The molecule has 0 unspecified atom stereocenters. The second-order valence-electron chi connectivity index (χ2n) is 7.75. The van der Waals surface area contributed by atoms with E-state index >= 15 is 0 Å². The van der Waals surface area contributed by atoms with E-state index in [2.05, 4.69) is 6.07 Å². The Balaban J connectivity index is 1.89. The van der Waals surface area contributed by atoms with Crippen molar-refractivity contribution in [2.75, 3.05) is 0 Å². The highest BCUT2D eigenvalue weighted by Gasteiger charge is 2.65. The highest BCUT2D eigenvalue weighted by molar-refractivity contribution is 6.32. The summed E-state index contributed by atoms with van der Waals surface area (Å²) in [5.41, 5.74) is 6.40. The number of Topliss-reactive ketones (excluding diaryl/α,β-unsaturated/α-hetero) is 2. The van der Waals surface area contributed by atoms with Gasteiger partial charge in [0.15, 0.2) is 11.6 Å². The molecule has 1 spiro atoms. The Kier molecular flexibility index (Phi) is 3.63. The van der Waals surface area contributed by atoms with Gasteiger partial charge in [-0.25, -0.2) is 4.39 Å². The average Bonchev–Trinajstić information content (AvgIpc) is 3.29. The molecule has 29 heavy (non-hydrogen) atoms. The van der Waals surface area contributed by atoms with Crippen molar-refractivity contribution < 1.29 is 14.0 Å². The average molecular weight is 384 g/mol. The van der Waals surface area contributed by atoms with Gasteiger partial charge in [0, 0.05) is 22.7 Å². The van der Waals surface area contributed by atoms with Crippen molar-refractivity contribution in [1.82, 2.24) is 0 Å². The first-order valence-electron chi connectivity index (χ1n) is 9.57. The Morgan fingerprint density at radius 1 is 1.03 bits per heavy atom. The number of carbonyl (C=O) groups excluding carboxylic acids is 2. The van der Waals surface area contributed by atoms with E-state index in [-0.39, 0.29) is 28.3 Å². The fourth-order valence-electron chi connectivity index (χ4n) is 5.42. The van der Waals surface area contributed by atoms with Crippen LogP contribution < -0.4 is 5.73 Å². The van der Waals surface area contributed by atoms with E-state index in [1.165, 1.54) is 6.07 Å². The van der Waals surface area contributed by atoms with E-state index in [0.29, 0.717) is 18.4 Å². The molecule has 2 aromatic carbocycles. The number of nitrogens with zero attached hydrogens (tertiary/aromatic N) is 1. The van der Waals surface area contributed by atoms with Crippen molar-refractivity contribution in [1.29, 1.82) is 5.26 Å². The highest BCUT2D eigenvalue weighted by atomic mass is 19.1. The highest BCUT2D eigenvalue weighted by Crippen LogP contribution is 2.61. The first-order chi connectivity index (χ1) is 14.0. The van der Waals surface area contributed by atoms with Gasteiger partial charge in [-0.3, -0.25) is 9.59 Å². The summed E-state index contributed by atoms with van der Waals surface area (Å²) in [6.45, 7) is 0. The summed E-state index contributed by atoms with van der Waals surface area (Å²) in [4.78, 5) is 27.5. The molecular formula is C24H17FN2O2. The summed E-state index contributed by atoms with van der Waals surface area (Å²) in [6.07, 6.45) is 3.24. The summed E-state index contributed by atoms with van der Waals surface area (Å²) in [5, 5.41) is 9.83. The summed E-state index contributed by atoms with van der Waals surface area (Å²) >= 11 is 0. The van der Waals surface area contributed by atoms with Crippen LogP contribution in [0.5, 0.6) is 0 Å². The van der Waals surface area contributed by atoms with Gasteiger partial charge in [-0.05, 0) is 36.0 Å². The third kappa shape index (κ3) is 2.01. The van der Waals surface area contributed by atoms with E-state index in [0.717, 1.165) is 5.57 Å². The number of hydrogen-bond donors (Lipinski definition) is 1. The van der Waals surface area contributed by atoms with Crippen molar-refractivity contribution in [2.24, 2.45) is 17.1 Å². The van der Waals surface area contributed by atoms with E-state index in [1.54, 1.807) is 42.5 Å². The summed E-state index contributed by atoms with van der Waals surface area (Å²) in [7, 11) is 0. The molecule has 0 heterocycles. The number of halogens is 1. The van der Waals surface area contributed by atoms with Crippen molar-refractivity contribution in [3.05, 3.63) is 94.0 Å². The molecule has 0 bridgehead atoms. The predicted octanol–water partition coefficient (Wildman–Crippen LogP) is 4.06. The minimum atomic E-state index is -1.79. The van der Waals surface area contributed by atoms with Gasteiger partial charge in [-0.2, -0.15) is 5.26 Å². The van der Waals surface area contributed by atoms with E-state index < -0.39 is 28.7 Å². The van der Waals surface area contributed by atoms with Crippen molar-refractivity contribution in [3.8, 4) is 6.07 Å². The van der Waals surface area contributed by atoms with Crippen LogP contribution >= 0.6 is 0 Å². The van der Waals surface area contributed by atoms with Crippen molar-refractivity contribution >= 4 is 11.6 Å². The van der Waals surface area contributed by atoms with Crippen LogP contribution in [0.3, 0.4) is 0 Å². The normalized spacial score (nSPS) is 24.3. The van der Waals surface area contributed by atoms with Crippen LogP contribution in [0.25, 0.3) is 0 Å². The molecule has 0 aromatic heterocycles. The zero-order chi connectivity index (χ0) is 20.3. The Morgan fingerprint density at radius 3 is 2.28 bits per heavy atom. The summed E-state index contributed by atoms with van der Waals surface area (Å²) < 4.78 is 15.0. The van der Waals surface area contributed by atoms with Crippen molar-refractivity contribution in [2.45, 2.75) is 18.8 Å². The number of benzene rings is 2. The molecule has 3 aliphatic carbocycles. The molecule has 2 N–H and O–H groups in total. The van der Waals surface area contributed by atoms with Gasteiger partial charge in [-0.15, -0.1) is 0 Å². The predicted molar refractivity (Wildman–Crippen MR) is 104 cm³/mol. The lowest BCUT2D eigenvalue weighted by molar-refractivity contribution is 0.0663. The molecule has 0 radical (unpaired) electrons. The fourth-order valence-corrected chi connectivity index (χ4v) is 5.42. The number of hydrogen-bond acceptors (Lipinski definition) is 4. The molecule has 0 fully saturated rings. The largest absolute Gasteiger partial charge is 0.400 e. The number of nitriles is 1. The van der Waals surface area contributed by atoms with Crippen LogP contribution in [0.2, 0.25) is 0 Å². The van der Waals surface area contributed by atoms with E-state index in [4.69, 9.17) is 5.73 Å². The third-order valence-corrected chi connectivity index (χ3v) is 6.58. The molecule has 0 amide bonds. The monoisotopic (exact) mass is 384 g/mol. The summed E-state index contributed by atoms with van der Waals surface area (Å²) in [5.74, 6) is -2.48. The molecule has 4 nitrogen and oxygen atoms in total. The maximum Gasteiger partial charge on any atom is 0.184 e. The van der Waals surface area contributed by atoms with Crippen LogP contribution in [-0.2, 0) is 0 Å². The maximum absolute atomic E-state index is 15.0. The van der Waals surface area contributed by atoms with E-state index in [9.17, 15) is 19.2 Å². The fraction of sp³-hybridized carbons (Fsp3) is 0.208. The second kappa shape index (κ2) is 5.99. The van der Waals surface area contributed by atoms with Gasteiger partial charge >= 0.3 is 0 Å². The summed E-state index contributed by atoms with van der Waals surface area (Å²) in [6, 6.07) is 14.9. The molecule has 3 aliphatic rings. The van der Waals surface area contributed by atoms with Gasteiger partial charge in [0.2, 0.25) is 0 Å². The number of carbonyl (C=O) groups is 2. The van der Waals surface area contributed by atoms with Crippen LogP contribution in [0.1, 0.15) is 45.0 Å². The molecule has 5 rings (SSSR count). The zero-order valence-corrected chi connectivity index (χ0v) is 15.5.